The minimum atomic E-state index is 0.649. The fraction of sp³-hybridized carbons (Fsp3) is 0.111. The Kier molecular flexibility index (Phi) is 1.34. The second kappa shape index (κ2) is 2.35. The van der Waals surface area contributed by atoms with Crippen molar-refractivity contribution in [2.75, 3.05) is 0 Å². The lowest BCUT2D eigenvalue weighted by atomic mass is 10.3. The highest BCUT2D eigenvalue weighted by atomic mass is 15.2. The standard InChI is InChI=1S/C9H7N3/c1-3-8-4-7-5-11-12(2)9(7)6-10-8/h1,4-6H,2H3. The first-order valence-corrected chi connectivity index (χ1v) is 3.55. The summed E-state index contributed by atoms with van der Waals surface area (Å²) in [5.74, 6) is 2.48. The summed E-state index contributed by atoms with van der Waals surface area (Å²) in [5, 5.41) is 5.11. The molecule has 2 rings (SSSR count). The third-order valence-corrected chi connectivity index (χ3v) is 1.78. The Morgan fingerprint density at radius 3 is 3.08 bits per heavy atom. The Balaban J connectivity index is 2.80. The summed E-state index contributed by atoms with van der Waals surface area (Å²) in [6.07, 6.45) is 8.72. The van der Waals surface area contributed by atoms with Gasteiger partial charge >= 0.3 is 0 Å². The second-order valence-electron chi connectivity index (χ2n) is 2.54. The molecule has 2 heterocycles. The normalized spacial score (nSPS) is 10.0. The van der Waals surface area contributed by atoms with E-state index in [1.807, 2.05) is 13.1 Å². The number of aromatic nitrogens is 3. The van der Waals surface area contributed by atoms with Crippen molar-refractivity contribution in [2.45, 2.75) is 0 Å². The van der Waals surface area contributed by atoms with E-state index < -0.39 is 0 Å². The van der Waals surface area contributed by atoms with Gasteiger partial charge in [0.2, 0.25) is 0 Å². The van der Waals surface area contributed by atoms with Crippen LogP contribution >= 0.6 is 0 Å². The third-order valence-electron chi connectivity index (χ3n) is 1.78. The zero-order valence-corrected chi connectivity index (χ0v) is 6.65. The van der Waals surface area contributed by atoms with Crippen molar-refractivity contribution in [1.82, 2.24) is 14.8 Å². The van der Waals surface area contributed by atoms with Crippen molar-refractivity contribution < 1.29 is 0 Å². The van der Waals surface area contributed by atoms with Gasteiger partial charge in [-0.15, -0.1) is 6.42 Å². The van der Waals surface area contributed by atoms with E-state index in [-0.39, 0.29) is 0 Å². The molecule has 0 saturated heterocycles. The molecule has 0 saturated carbocycles. The van der Waals surface area contributed by atoms with Gasteiger partial charge in [0.15, 0.2) is 0 Å². The van der Waals surface area contributed by atoms with Crippen LogP contribution in [0.2, 0.25) is 0 Å². The molecule has 0 aliphatic carbocycles. The summed E-state index contributed by atoms with van der Waals surface area (Å²) in [6.45, 7) is 0. The molecule has 0 aliphatic heterocycles. The lowest BCUT2D eigenvalue weighted by Gasteiger charge is -1.92. The molecule has 12 heavy (non-hydrogen) atoms. The van der Waals surface area contributed by atoms with E-state index in [4.69, 9.17) is 6.42 Å². The predicted molar refractivity (Wildman–Crippen MR) is 46.4 cm³/mol. The van der Waals surface area contributed by atoms with Crippen LogP contribution in [0.1, 0.15) is 5.69 Å². The monoisotopic (exact) mass is 157 g/mol. The van der Waals surface area contributed by atoms with Gasteiger partial charge in [0.1, 0.15) is 5.69 Å². The molecule has 0 radical (unpaired) electrons. The molecular formula is C9H7N3. The Hall–Kier alpha value is -1.82. The highest BCUT2D eigenvalue weighted by molar-refractivity contribution is 5.78. The molecule has 3 nitrogen and oxygen atoms in total. The highest BCUT2D eigenvalue weighted by Crippen LogP contribution is 2.11. The van der Waals surface area contributed by atoms with Gasteiger partial charge in [-0.05, 0) is 6.07 Å². The SMILES string of the molecule is C#Cc1cc2cnn(C)c2cn1. The Bertz CT molecular complexity index is 462. The van der Waals surface area contributed by atoms with Crippen molar-refractivity contribution in [3.05, 3.63) is 24.2 Å². The van der Waals surface area contributed by atoms with Crippen molar-refractivity contribution in [3.63, 3.8) is 0 Å². The quantitative estimate of drug-likeness (QED) is 0.533. The predicted octanol–water partition coefficient (Wildman–Crippen LogP) is 0.950. The van der Waals surface area contributed by atoms with Gasteiger partial charge in [-0.2, -0.15) is 5.10 Å². The number of aryl methyl sites for hydroxylation is 1. The molecule has 0 atom stereocenters. The van der Waals surface area contributed by atoms with Gasteiger partial charge in [0, 0.05) is 12.4 Å². The van der Waals surface area contributed by atoms with Crippen LogP contribution in [0.4, 0.5) is 0 Å². The summed E-state index contributed by atoms with van der Waals surface area (Å²) in [7, 11) is 1.87. The van der Waals surface area contributed by atoms with Crippen molar-refractivity contribution >= 4 is 10.9 Å². The van der Waals surface area contributed by atoms with Gasteiger partial charge in [0.25, 0.3) is 0 Å². The van der Waals surface area contributed by atoms with Gasteiger partial charge < -0.3 is 0 Å². The first kappa shape index (κ1) is 6.86. The average molecular weight is 157 g/mol. The largest absolute Gasteiger partial charge is 0.266 e. The molecule has 0 amide bonds. The number of hydrogen-bond acceptors (Lipinski definition) is 2. The maximum Gasteiger partial charge on any atom is 0.113 e. The van der Waals surface area contributed by atoms with Crippen LogP contribution in [0, 0.1) is 12.3 Å². The van der Waals surface area contributed by atoms with Crippen LogP contribution in [-0.4, -0.2) is 14.8 Å². The molecule has 3 heteroatoms. The Morgan fingerprint density at radius 2 is 2.33 bits per heavy atom. The summed E-state index contributed by atoms with van der Waals surface area (Å²) >= 11 is 0. The first-order chi connectivity index (χ1) is 5.81. The molecule has 0 fully saturated rings. The number of terminal acetylenes is 1. The van der Waals surface area contributed by atoms with Gasteiger partial charge in [0.05, 0.1) is 17.9 Å². The number of nitrogens with zero attached hydrogens (tertiary/aromatic N) is 3. The topological polar surface area (TPSA) is 30.7 Å². The molecule has 2 aromatic heterocycles. The average Bonchev–Trinajstić information content (AvgIpc) is 2.47. The zero-order chi connectivity index (χ0) is 8.55. The van der Waals surface area contributed by atoms with Crippen LogP contribution in [0.3, 0.4) is 0 Å². The maximum atomic E-state index is 5.21. The molecule has 0 N–H and O–H groups in total. The van der Waals surface area contributed by atoms with E-state index >= 15 is 0 Å². The lowest BCUT2D eigenvalue weighted by Crippen LogP contribution is -1.89. The second-order valence-corrected chi connectivity index (χ2v) is 2.54. The first-order valence-electron chi connectivity index (χ1n) is 3.55. The van der Waals surface area contributed by atoms with Crippen LogP contribution in [0.5, 0.6) is 0 Å². The fourth-order valence-electron chi connectivity index (χ4n) is 1.13. The van der Waals surface area contributed by atoms with Crippen LogP contribution in [0.15, 0.2) is 18.5 Å². The lowest BCUT2D eigenvalue weighted by molar-refractivity contribution is 0.795. The van der Waals surface area contributed by atoms with E-state index in [1.54, 1.807) is 17.1 Å². The van der Waals surface area contributed by atoms with Crippen LogP contribution < -0.4 is 0 Å². The van der Waals surface area contributed by atoms with Crippen LogP contribution in [-0.2, 0) is 7.05 Å². The van der Waals surface area contributed by atoms with Crippen molar-refractivity contribution in [3.8, 4) is 12.3 Å². The van der Waals surface area contributed by atoms with E-state index in [9.17, 15) is 0 Å². The Labute approximate surface area is 70.0 Å². The van der Waals surface area contributed by atoms with Crippen molar-refractivity contribution in [2.24, 2.45) is 7.05 Å². The summed E-state index contributed by atoms with van der Waals surface area (Å²) in [6, 6.07) is 1.85. The highest BCUT2D eigenvalue weighted by Gasteiger charge is 1.99. The van der Waals surface area contributed by atoms with E-state index in [0.29, 0.717) is 5.69 Å². The molecule has 0 unspecified atom stereocenters. The third kappa shape index (κ3) is 0.857. The Morgan fingerprint density at radius 1 is 1.50 bits per heavy atom. The van der Waals surface area contributed by atoms with Gasteiger partial charge in [-0.3, -0.25) is 4.68 Å². The summed E-state index contributed by atoms with van der Waals surface area (Å²) in [5.41, 5.74) is 1.64. The zero-order valence-electron chi connectivity index (χ0n) is 6.65. The van der Waals surface area contributed by atoms with E-state index in [1.165, 1.54) is 0 Å². The molecule has 0 bridgehead atoms. The van der Waals surface area contributed by atoms with Gasteiger partial charge in [-0.1, -0.05) is 5.92 Å². The molecule has 0 aliphatic rings. The summed E-state index contributed by atoms with van der Waals surface area (Å²) in [4.78, 5) is 4.06. The number of rotatable bonds is 0. The number of pyridine rings is 1. The minimum absolute atomic E-state index is 0.649. The van der Waals surface area contributed by atoms with E-state index in [2.05, 4.69) is 16.0 Å². The molecule has 0 spiro atoms. The molecule has 58 valence electrons. The minimum Gasteiger partial charge on any atom is -0.266 e. The molecule has 2 aromatic rings. The summed E-state index contributed by atoms with van der Waals surface area (Å²) < 4.78 is 1.77. The molecular weight excluding hydrogens is 150 g/mol. The number of fused-ring (bicyclic) bond motifs is 1. The molecule has 0 aromatic carbocycles. The smallest absolute Gasteiger partial charge is 0.113 e. The maximum absolute atomic E-state index is 5.21. The van der Waals surface area contributed by atoms with Crippen LogP contribution in [0.25, 0.3) is 10.9 Å². The van der Waals surface area contributed by atoms with E-state index in [0.717, 1.165) is 10.9 Å². The fourth-order valence-corrected chi connectivity index (χ4v) is 1.13. The van der Waals surface area contributed by atoms with Gasteiger partial charge in [-0.25, -0.2) is 4.98 Å². The van der Waals surface area contributed by atoms with Crippen molar-refractivity contribution in [1.29, 1.82) is 0 Å². The number of hydrogen-bond donors (Lipinski definition) is 0.